The lowest BCUT2D eigenvalue weighted by atomic mass is 10.3. The fraction of sp³-hybridized carbons (Fsp3) is 0.462. The maximum absolute atomic E-state index is 5.84. The summed E-state index contributed by atoms with van der Waals surface area (Å²) < 4.78 is 10.9. The minimum atomic E-state index is 0.529. The van der Waals surface area contributed by atoms with E-state index in [2.05, 4.69) is 15.2 Å². The van der Waals surface area contributed by atoms with Crippen LogP contribution in [-0.2, 0) is 4.74 Å². The monoisotopic (exact) mass is 262 g/mol. The van der Waals surface area contributed by atoms with Crippen molar-refractivity contribution in [3.8, 4) is 0 Å². The van der Waals surface area contributed by atoms with Crippen LogP contribution in [0.3, 0.4) is 0 Å². The average Bonchev–Trinajstić information content (AvgIpc) is 2.84. The molecule has 2 aromatic rings. The van der Waals surface area contributed by atoms with Crippen LogP contribution in [-0.4, -0.2) is 49.3 Å². The molecule has 1 aliphatic heterocycles. The molecule has 0 radical (unpaired) electrons. The molecule has 3 N–H and O–H groups in total. The molecule has 0 aliphatic carbocycles. The van der Waals surface area contributed by atoms with Crippen molar-refractivity contribution >= 4 is 22.8 Å². The summed E-state index contributed by atoms with van der Waals surface area (Å²) >= 11 is 0. The van der Waals surface area contributed by atoms with Crippen molar-refractivity contribution in [2.24, 2.45) is 0 Å². The number of nitrogens with zero attached hydrogens (tertiary/aromatic N) is 2. The highest BCUT2D eigenvalue weighted by Gasteiger charge is 2.11. The first kappa shape index (κ1) is 12.3. The third-order valence-corrected chi connectivity index (χ3v) is 3.26. The number of anilines is 2. The van der Waals surface area contributed by atoms with E-state index in [1.165, 1.54) is 0 Å². The molecule has 1 saturated heterocycles. The third-order valence-electron chi connectivity index (χ3n) is 3.26. The van der Waals surface area contributed by atoms with Gasteiger partial charge in [0.25, 0.3) is 6.01 Å². The summed E-state index contributed by atoms with van der Waals surface area (Å²) in [4.78, 5) is 6.70. The summed E-state index contributed by atoms with van der Waals surface area (Å²) in [6.45, 7) is 5.37. The first-order chi connectivity index (χ1) is 9.33. The van der Waals surface area contributed by atoms with Gasteiger partial charge in [-0.1, -0.05) is 6.07 Å². The number of rotatable bonds is 4. The van der Waals surface area contributed by atoms with Gasteiger partial charge in [-0.15, -0.1) is 0 Å². The van der Waals surface area contributed by atoms with Crippen molar-refractivity contribution in [3.05, 3.63) is 18.2 Å². The van der Waals surface area contributed by atoms with Gasteiger partial charge >= 0.3 is 0 Å². The quantitative estimate of drug-likeness (QED) is 0.805. The molecule has 0 saturated carbocycles. The first-order valence-electron chi connectivity index (χ1n) is 6.52. The summed E-state index contributed by atoms with van der Waals surface area (Å²) in [6, 6.07) is 6.08. The van der Waals surface area contributed by atoms with Gasteiger partial charge in [0, 0.05) is 26.2 Å². The number of nitrogens with one attached hydrogen (secondary N) is 1. The lowest BCUT2D eigenvalue weighted by Gasteiger charge is -2.26. The molecule has 6 nitrogen and oxygen atoms in total. The van der Waals surface area contributed by atoms with E-state index < -0.39 is 0 Å². The van der Waals surface area contributed by atoms with Crippen LogP contribution < -0.4 is 11.1 Å². The Morgan fingerprint density at radius 1 is 1.32 bits per heavy atom. The summed E-state index contributed by atoms with van der Waals surface area (Å²) in [6.07, 6.45) is 0. The van der Waals surface area contributed by atoms with Crippen LogP contribution in [0.1, 0.15) is 0 Å². The van der Waals surface area contributed by atoms with Crippen LogP contribution in [0.2, 0.25) is 0 Å². The number of nitrogen functional groups attached to an aromatic ring is 1. The van der Waals surface area contributed by atoms with Crippen molar-refractivity contribution in [2.75, 3.05) is 50.4 Å². The summed E-state index contributed by atoms with van der Waals surface area (Å²) in [5, 5.41) is 3.19. The molecule has 0 spiro atoms. The number of hydrogen-bond acceptors (Lipinski definition) is 6. The summed E-state index contributed by atoms with van der Waals surface area (Å²) in [5.41, 5.74) is 7.92. The number of benzene rings is 1. The highest BCUT2D eigenvalue weighted by molar-refractivity contribution is 5.86. The molecule has 0 unspecified atom stereocenters. The lowest BCUT2D eigenvalue weighted by Crippen LogP contribution is -2.39. The molecule has 1 aromatic heterocycles. The Hall–Kier alpha value is -1.79. The fourth-order valence-electron chi connectivity index (χ4n) is 2.19. The molecule has 0 bridgehead atoms. The summed E-state index contributed by atoms with van der Waals surface area (Å²) in [7, 11) is 0. The van der Waals surface area contributed by atoms with E-state index in [0.717, 1.165) is 44.9 Å². The van der Waals surface area contributed by atoms with Crippen LogP contribution in [0.25, 0.3) is 11.1 Å². The molecule has 1 aromatic carbocycles. The number of fused-ring (bicyclic) bond motifs is 1. The Labute approximate surface area is 111 Å². The molecule has 1 fully saturated rings. The smallest absolute Gasteiger partial charge is 0.295 e. The van der Waals surface area contributed by atoms with Gasteiger partial charge in [-0.05, 0) is 12.1 Å². The van der Waals surface area contributed by atoms with E-state index in [1.807, 2.05) is 18.2 Å². The molecule has 0 atom stereocenters. The molecular weight excluding hydrogens is 244 g/mol. The predicted molar refractivity (Wildman–Crippen MR) is 74.2 cm³/mol. The van der Waals surface area contributed by atoms with Crippen molar-refractivity contribution in [3.63, 3.8) is 0 Å². The highest BCUT2D eigenvalue weighted by Crippen LogP contribution is 2.23. The maximum atomic E-state index is 5.84. The molecule has 0 amide bonds. The first-order valence-corrected chi connectivity index (χ1v) is 6.52. The van der Waals surface area contributed by atoms with Crippen LogP contribution in [0, 0.1) is 0 Å². The van der Waals surface area contributed by atoms with Crippen LogP contribution in [0.4, 0.5) is 11.7 Å². The topological polar surface area (TPSA) is 76.5 Å². The minimum Gasteiger partial charge on any atom is -0.423 e. The van der Waals surface area contributed by atoms with E-state index >= 15 is 0 Å². The normalized spacial score (nSPS) is 16.8. The molecule has 3 rings (SSSR count). The Kier molecular flexibility index (Phi) is 3.52. The number of nitrogens with two attached hydrogens (primary N) is 1. The second kappa shape index (κ2) is 5.46. The zero-order valence-corrected chi connectivity index (χ0v) is 10.8. The van der Waals surface area contributed by atoms with Gasteiger partial charge in [0.1, 0.15) is 5.52 Å². The van der Waals surface area contributed by atoms with Gasteiger partial charge in [-0.2, -0.15) is 4.98 Å². The zero-order chi connectivity index (χ0) is 13.1. The SMILES string of the molecule is Nc1cccc2oc(NCCN3CCOCC3)nc12. The number of ether oxygens (including phenoxy) is 1. The Balaban J connectivity index is 1.57. The fourth-order valence-corrected chi connectivity index (χ4v) is 2.19. The van der Waals surface area contributed by atoms with Gasteiger partial charge in [-0.3, -0.25) is 4.90 Å². The number of morpholine rings is 1. The van der Waals surface area contributed by atoms with Crippen molar-refractivity contribution < 1.29 is 9.15 Å². The second-order valence-electron chi connectivity index (χ2n) is 4.59. The van der Waals surface area contributed by atoms with Crippen LogP contribution in [0.15, 0.2) is 22.6 Å². The van der Waals surface area contributed by atoms with Crippen molar-refractivity contribution in [1.29, 1.82) is 0 Å². The zero-order valence-electron chi connectivity index (χ0n) is 10.8. The van der Waals surface area contributed by atoms with E-state index in [1.54, 1.807) is 0 Å². The van der Waals surface area contributed by atoms with Crippen LogP contribution in [0.5, 0.6) is 0 Å². The van der Waals surface area contributed by atoms with E-state index in [0.29, 0.717) is 17.3 Å². The number of hydrogen-bond donors (Lipinski definition) is 2. The standard InChI is InChI=1S/C13H18N4O2/c14-10-2-1-3-11-12(10)16-13(19-11)15-4-5-17-6-8-18-9-7-17/h1-3H,4-9,14H2,(H,15,16). The van der Waals surface area contributed by atoms with Gasteiger partial charge in [-0.25, -0.2) is 0 Å². The maximum Gasteiger partial charge on any atom is 0.295 e. The number of aromatic nitrogens is 1. The Bertz CT molecular complexity index is 549. The molecule has 1 aliphatic rings. The molecule has 6 heteroatoms. The number of oxazole rings is 1. The highest BCUT2D eigenvalue weighted by atomic mass is 16.5. The molecule has 2 heterocycles. The van der Waals surface area contributed by atoms with Gasteiger partial charge in [0.15, 0.2) is 5.58 Å². The Morgan fingerprint density at radius 2 is 2.16 bits per heavy atom. The number of para-hydroxylation sites is 1. The van der Waals surface area contributed by atoms with Crippen LogP contribution >= 0.6 is 0 Å². The largest absolute Gasteiger partial charge is 0.423 e. The third kappa shape index (κ3) is 2.80. The lowest BCUT2D eigenvalue weighted by molar-refractivity contribution is 0.0398. The van der Waals surface area contributed by atoms with Gasteiger partial charge < -0.3 is 20.2 Å². The Morgan fingerprint density at radius 3 is 2.95 bits per heavy atom. The predicted octanol–water partition coefficient (Wildman–Crippen LogP) is 1.15. The molecular formula is C13H18N4O2. The van der Waals surface area contributed by atoms with Crippen molar-refractivity contribution in [2.45, 2.75) is 0 Å². The van der Waals surface area contributed by atoms with Gasteiger partial charge in [0.2, 0.25) is 0 Å². The molecule has 19 heavy (non-hydrogen) atoms. The molecule has 102 valence electrons. The van der Waals surface area contributed by atoms with E-state index in [9.17, 15) is 0 Å². The van der Waals surface area contributed by atoms with Gasteiger partial charge in [0.05, 0.1) is 18.9 Å². The minimum absolute atomic E-state index is 0.529. The summed E-state index contributed by atoms with van der Waals surface area (Å²) in [5.74, 6) is 0. The van der Waals surface area contributed by atoms with Crippen molar-refractivity contribution in [1.82, 2.24) is 9.88 Å². The average molecular weight is 262 g/mol. The van der Waals surface area contributed by atoms with E-state index in [-0.39, 0.29) is 0 Å². The second-order valence-corrected chi connectivity index (χ2v) is 4.59. The van der Waals surface area contributed by atoms with E-state index in [4.69, 9.17) is 14.9 Å².